The SMILES string of the molecule is CC(C)c1n[nH]c(=S)n1CC(C(C)C)C(C)C. The van der Waals surface area contributed by atoms with Crippen molar-refractivity contribution in [2.24, 2.45) is 17.8 Å². The molecule has 0 aliphatic carbocycles. The van der Waals surface area contributed by atoms with Crippen LogP contribution in [0.1, 0.15) is 53.3 Å². The number of rotatable bonds is 5. The highest BCUT2D eigenvalue weighted by Gasteiger charge is 2.20. The maximum absolute atomic E-state index is 5.33. The predicted molar refractivity (Wildman–Crippen MR) is 74.7 cm³/mol. The second kappa shape index (κ2) is 5.80. The molecule has 0 saturated carbocycles. The average molecular weight is 255 g/mol. The monoisotopic (exact) mass is 255 g/mol. The topological polar surface area (TPSA) is 33.6 Å². The number of hydrogen-bond donors (Lipinski definition) is 1. The zero-order chi connectivity index (χ0) is 13.2. The fourth-order valence-corrected chi connectivity index (χ4v) is 2.56. The van der Waals surface area contributed by atoms with Crippen LogP contribution in [0.4, 0.5) is 0 Å². The molecular weight excluding hydrogens is 230 g/mol. The Kier molecular flexibility index (Phi) is 4.92. The largest absolute Gasteiger partial charge is 0.304 e. The number of hydrogen-bond acceptors (Lipinski definition) is 2. The van der Waals surface area contributed by atoms with E-state index in [1.165, 1.54) is 0 Å². The lowest BCUT2D eigenvalue weighted by Crippen LogP contribution is -2.23. The first-order valence-electron chi connectivity index (χ1n) is 6.49. The summed E-state index contributed by atoms with van der Waals surface area (Å²) in [5.41, 5.74) is 0. The van der Waals surface area contributed by atoms with Crippen molar-refractivity contribution in [1.29, 1.82) is 0 Å². The Morgan fingerprint density at radius 1 is 1.12 bits per heavy atom. The first-order chi connectivity index (χ1) is 7.84. The van der Waals surface area contributed by atoms with Crippen molar-refractivity contribution in [3.05, 3.63) is 10.6 Å². The van der Waals surface area contributed by atoms with E-state index in [1.807, 2.05) is 0 Å². The predicted octanol–water partition coefficient (Wildman–Crippen LogP) is 3.99. The quantitative estimate of drug-likeness (QED) is 0.807. The van der Waals surface area contributed by atoms with Gasteiger partial charge in [0, 0.05) is 12.5 Å². The lowest BCUT2D eigenvalue weighted by molar-refractivity contribution is 0.247. The van der Waals surface area contributed by atoms with Gasteiger partial charge in [-0.05, 0) is 30.0 Å². The summed E-state index contributed by atoms with van der Waals surface area (Å²) in [4.78, 5) is 0. The third-order valence-corrected chi connectivity index (χ3v) is 3.72. The van der Waals surface area contributed by atoms with Crippen molar-refractivity contribution in [3.63, 3.8) is 0 Å². The lowest BCUT2D eigenvalue weighted by Gasteiger charge is -2.26. The minimum atomic E-state index is 0.405. The van der Waals surface area contributed by atoms with E-state index in [4.69, 9.17) is 12.2 Å². The van der Waals surface area contributed by atoms with Gasteiger partial charge in [-0.1, -0.05) is 41.5 Å². The van der Waals surface area contributed by atoms with Crippen LogP contribution < -0.4 is 0 Å². The first-order valence-corrected chi connectivity index (χ1v) is 6.90. The Morgan fingerprint density at radius 2 is 1.65 bits per heavy atom. The third-order valence-electron chi connectivity index (χ3n) is 3.41. The van der Waals surface area contributed by atoms with Crippen LogP contribution in [-0.4, -0.2) is 14.8 Å². The van der Waals surface area contributed by atoms with E-state index < -0.39 is 0 Å². The Bertz CT molecular complexity index is 393. The zero-order valence-corrected chi connectivity index (χ0v) is 12.6. The van der Waals surface area contributed by atoms with Gasteiger partial charge in [0.15, 0.2) is 4.77 Å². The fraction of sp³-hybridized carbons (Fsp3) is 0.846. The standard InChI is InChI=1S/C13H25N3S/c1-8(2)11(9(3)4)7-16-12(10(5)6)14-15-13(16)17/h8-11H,7H2,1-6H3,(H,15,17). The van der Waals surface area contributed by atoms with E-state index in [0.717, 1.165) is 17.1 Å². The van der Waals surface area contributed by atoms with Gasteiger partial charge in [0.2, 0.25) is 0 Å². The van der Waals surface area contributed by atoms with E-state index in [0.29, 0.717) is 23.7 Å². The van der Waals surface area contributed by atoms with Crippen LogP contribution in [-0.2, 0) is 6.54 Å². The van der Waals surface area contributed by atoms with Crippen LogP contribution in [0.25, 0.3) is 0 Å². The number of aromatic nitrogens is 3. The van der Waals surface area contributed by atoms with E-state index >= 15 is 0 Å². The van der Waals surface area contributed by atoms with Gasteiger partial charge in [0.05, 0.1) is 0 Å². The summed E-state index contributed by atoms with van der Waals surface area (Å²) in [6, 6.07) is 0. The highest BCUT2D eigenvalue weighted by Crippen LogP contribution is 2.24. The minimum Gasteiger partial charge on any atom is -0.304 e. The molecule has 0 bridgehead atoms. The van der Waals surface area contributed by atoms with Crippen molar-refractivity contribution in [1.82, 2.24) is 14.8 Å². The molecule has 0 aliphatic rings. The van der Waals surface area contributed by atoms with Gasteiger partial charge in [-0.25, -0.2) is 0 Å². The molecule has 0 amide bonds. The molecule has 0 fully saturated rings. The van der Waals surface area contributed by atoms with Gasteiger partial charge >= 0.3 is 0 Å². The summed E-state index contributed by atoms with van der Waals surface area (Å²) in [6.45, 7) is 14.4. The van der Waals surface area contributed by atoms with Gasteiger partial charge in [0.1, 0.15) is 5.82 Å². The molecule has 0 aromatic carbocycles. The van der Waals surface area contributed by atoms with Gasteiger partial charge in [-0.2, -0.15) is 5.10 Å². The van der Waals surface area contributed by atoms with Crippen molar-refractivity contribution < 1.29 is 0 Å². The molecule has 0 atom stereocenters. The van der Waals surface area contributed by atoms with Gasteiger partial charge in [-0.3, -0.25) is 5.10 Å². The van der Waals surface area contributed by atoms with Crippen molar-refractivity contribution in [2.75, 3.05) is 0 Å². The van der Waals surface area contributed by atoms with Crippen LogP contribution in [0.5, 0.6) is 0 Å². The summed E-state index contributed by atoms with van der Waals surface area (Å²) in [7, 11) is 0. The molecule has 0 unspecified atom stereocenters. The highest BCUT2D eigenvalue weighted by atomic mass is 32.1. The maximum Gasteiger partial charge on any atom is 0.195 e. The van der Waals surface area contributed by atoms with E-state index in [9.17, 15) is 0 Å². The maximum atomic E-state index is 5.33. The van der Waals surface area contributed by atoms with Crippen LogP contribution in [0.2, 0.25) is 0 Å². The molecule has 98 valence electrons. The van der Waals surface area contributed by atoms with E-state index in [-0.39, 0.29) is 0 Å². The van der Waals surface area contributed by atoms with Crippen LogP contribution >= 0.6 is 12.2 Å². The summed E-state index contributed by atoms with van der Waals surface area (Å²) in [5, 5.41) is 7.25. The van der Waals surface area contributed by atoms with E-state index in [1.54, 1.807) is 0 Å². The van der Waals surface area contributed by atoms with Gasteiger partial charge in [-0.15, -0.1) is 0 Å². The molecule has 0 aliphatic heterocycles. The molecule has 0 radical (unpaired) electrons. The lowest BCUT2D eigenvalue weighted by atomic mass is 9.85. The van der Waals surface area contributed by atoms with Crippen molar-refractivity contribution in [3.8, 4) is 0 Å². The first kappa shape index (κ1) is 14.4. The van der Waals surface area contributed by atoms with E-state index in [2.05, 4.69) is 56.3 Å². The summed E-state index contributed by atoms with van der Waals surface area (Å²) in [5.74, 6) is 3.43. The Labute approximate surface area is 110 Å². The second-order valence-corrected chi connectivity index (χ2v) is 6.19. The van der Waals surface area contributed by atoms with Crippen LogP contribution in [0, 0.1) is 22.5 Å². The average Bonchev–Trinajstić information content (AvgIpc) is 2.55. The zero-order valence-electron chi connectivity index (χ0n) is 11.8. The Morgan fingerprint density at radius 3 is 2.06 bits per heavy atom. The Hall–Kier alpha value is -0.640. The molecule has 3 nitrogen and oxygen atoms in total. The molecule has 1 aromatic rings. The normalized spacial score (nSPS) is 12.4. The van der Waals surface area contributed by atoms with Gasteiger partial charge in [0.25, 0.3) is 0 Å². The molecule has 17 heavy (non-hydrogen) atoms. The number of nitrogens with zero attached hydrogens (tertiary/aromatic N) is 2. The second-order valence-electron chi connectivity index (χ2n) is 5.80. The summed E-state index contributed by atoms with van der Waals surface area (Å²) >= 11 is 5.33. The molecule has 4 heteroatoms. The fourth-order valence-electron chi connectivity index (χ4n) is 2.35. The summed E-state index contributed by atoms with van der Waals surface area (Å²) in [6.07, 6.45) is 0. The van der Waals surface area contributed by atoms with Crippen molar-refractivity contribution >= 4 is 12.2 Å². The smallest absolute Gasteiger partial charge is 0.195 e. The Balaban J connectivity index is 3.00. The molecule has 1 N–H and O–H groups in total. The number of nitrogens with one attached hydrogen (secondary N) is 1. The molecular formula is C13H25N3S. The number of H-pyrrole nitrogens is 1. The molecule has 1 rings (SSSR count). The molecule has 0 saturated heterocycles. The van der Waals surface area contributed by atoms with Crippen molar-refractivity contribution in [2.45, 2.75) is 54.0 Å². The number of aromatic amines is 1. The summed E-state index contributed by atoms with van der Waals surface area (Å²) < 4.78 is 2.92. The van der Waals surface area contributed by atoms with Gasteiger partial charge < -0.3 is 4.57 Å². The van der Waals surface area contributed by atoms with Crippen LogP contribution in [0.15, 0.2) is 0 Å². The molecule has 0 spiro atoms. The highest BCUT2D eigenvalue weighted by molar-refractivity contribution is 7.71. The molecule has 1 aromatic heterocycles. The molecule has 1 heterocycles. The van der Waals surface area contributed by atoms with Crippen LogP contribution in [0.3, 0.4) is 0 Å². The minimum absolute atomic E-state index is 0.405. The third kappa shape index (κ3) is 3.41.